The molecule has 0 amide bonds. The molecule has 126 valence electrons. The molecule has 1 N–H and O–H groups in total. The van der Waals surface area contributed by atoms with Gasteiger partial charge in [-0.25, -0.2) is 19.7 Å². The minimum absolute atomic E-state index is 0. The highest BCUT2D eigenvalue weighted by Gasteiger charge is 2.17. The fourth-order valence-electron chi connectivity index (χ4n) is 1.54. The molecule has 2 rings (SSSR count). The van der Waals surface area contributed by atoms with E-state index in [1.54, 1.807) is 19.2 Å². The number of carbonyl (C=O) groups is 2. The lowest BCUT2D eigenvalue weighted by Crippen LogP contribution is -2.07. The van der Waals surface area contributed by atoms with Crippen molar-refractivity contribution in [3.8, 4) is 5.88 Å². The molecule has 10 heteroatoms. The average molecular weight is 362 g/mol. The number of thiazole rings is 1. The third-order valence-corrected chi connectivity index (χ3v) is 3.34. The Balaban J connectivity index is 0.00000264. The van der Waals surface area contributed by atoms with Crippen molar-refractivity contribution in [1.29, 1.82) is 0 Å². The molecule has 0 aliphatic heterocycles. The molecule has 0 unspecified atom stereocenters. The van der Waals surface area contributed by atoms with Crippen LogP contribution in [0.1, 0.15) is 39.7 Å². The Morgan fingerprint density at radius 3 is 2.61 bits per heavy atom. The van der Waals surface area contributed by atoms with Gasteiger partial charge in [-0.3, -0.25) is 0 Å². The molecule has 0 aliphatic rings. The van der Waals surface area contributed by atoms with E-state index in [1.165, 1.54) is 17.5 Å². The molecule has 0 bridgehead atoms. The van der Waals surface area contributed by atoms with Crippen LogP contribution in [0.3, 0.4) is 0 Å². The molecule has 0 saturated carbocycles. The summed E-state index contributed by atoms with van der Waals surface area (Å²) in [7, 11) is 0. The first-order valence-corrected chi connectivity index (χ1v) is 7.48. The summed E-state index contributed by atoms with van der Waals surface area (Å²) in [6, 6.07) is 0. The Morgan fingerprint density at radius 1 is 1.22 bits per heavy atom. The summed E-state index contributed by atoms with van der Waals surface area (Å²) in [5.41, 5.74) is 0.764. The lowest BCUT2D eigenvalue weighted by atomic mass is 10.3. The zero-order valence-corrected chi connectivity index (χ0v) is 14.2. The van der Waals surface area contributed by atoms with Gasteiger partial charge in [-0.15, -0.1) is 23.7 Å². The minimum Gasteiger partial charge on any atom is -0.471 e. The number of carbonyl (C=O) groups excluding carboxylic acids is 2. The molecule has 0 fully saturated rings. The summed E-state index contributed by atoms with van der Waals surface area (Å²) in [6.07, 6.45) is 1.33. The molecule has 23 heavy (non-hydrogen) atoms. The highest BCUT2D eigenvalue weighted by Crippen LogP contribution is 2.18. The van der Waals surface area contributed by atoms with Gasteiger partial charge in [0.1, 0.15) is 12.2 Å². The normalized spacial score (nSPS) is 9.83. The maximum absolute atomic E-state index is 11.7. The number of aromatic amines is 1. The summed E-state index contributed by atoms with van der Waals surface area (Å²) >= 11 is 1.17. The van der Waals surface area contributed by atoms with Gasteiger partial charge >= 0.3 is 11.9 Å². The van der Waals surface area contributed by atoms with E-state index in [4.69, 9.17) is 14.2 Å². The third-order valence-electron chi connectivity index (χ3n) is 2.47. The van der Waals surface area contributed by atoms with Crippen LogP contribution in [0, 0.1) is 0 Å². The van der Waals surface area contributed by atoms with Crippen LogP contribution < -0.4 is 4.74 Å². The van der Waals surface area contributed by atoms with E-state index in [2.05, 4.69) is 15.2 Å². The van der Waals surface area contributed by atoms with Crippen LogP contribution in [-0.4, -0.2) is 40.3 Å². The number of halogens is 1. The number of esters is 2. The van der Waals surface area contributed by atoms with Crippen molar-refractivity contribution in [1.82, 2.24) is 15.2 Å². The zero-order valence-electron chi connectivity index (χ0n) is 12.5. The number of hydrogen-bond acceptors (Lipinski definition) is 8. The summed E-state index contributed by atoms with van der Waals surface area (Å²) in [5.74, 6) is -0.784. The van der Waals surface area contributed by atoms with E-state index in [1.807, 2.05) is 0 Å². The summed E-state index contributed by atoms with van der Waals surface area (Å²) in [6.45, 7) is 4.08. The van der Waals surface area contributed by atoms with Gasteiger partial charge in [0, 0.05) is 5.38 Å². The molecule has 0 radical (unpaired) electrons. The number of nitrogens with zero attached hydrogens (tertiary/aromatic N) is 2. The van der Waals surface area contributed by atoms with Gasteiger partial charge in [0.15, 0.2) is 0 Å². The summed E-state index contributed by atoms with van der Waals surface area (Å²) < 4.78 is 15.2. The summed E-state index contributed by atoms with van der Waals surface area (Å²) in [4.78, 5) is 27.3. The molecule has 8 nitrogen and oxygen atoms in total. The Morgan fingerprint density at radius 2 is 1.91 bits per heavy atom. The fraction of sp³-hybridized carbons (Fsp3) is 0.385. The molecule has 0 aliphatic carbocycles. The molecule has 2 heterocycles. The van der Waals surface area contributed by atoms with Crippen molar-refractivity contribution < 1.29 is 23.8 Å². The van der Waals surface area contributed by atoms with Crippen molar-refractivity contribution in [3.63, 3.8) is 0 Å². The minimum atomic E-state index is -0.517. The molecule has 0 aromatic carbocycles. The Hall–Kier alpha value is -2.13. The zero-order chi connectivity index (χ0) is 15.9. The Kier molecular flexibility index (Phi) is 7.49. The standard InChI is InChI=1S/C13H15N3O5S.ClH/c1-3-19-12(17)9-5-14-16-10(9)21-6-8-7-22-11(15-8)13(18)20-4-2;/h5,7H,3-4,6H2,1-2H3,(H,14,16);1H. The number of aromatic nitrogens is 3. The van der Waals surface area contributed by atoms with Crippen molar-refractivity contribution in [2.24, 2.45) is 0 Å². The first kappa shape index (κ1) is 18.9. The third kappa shape index (κ3) is 4.93. The molecular formula is C13H16ClN3O5S. The van der Waals surface area contributed by atoms with Crippen LogP contribution in [-0.2, 0) is 16.1 Å². The second-order valence-electron chi connectivity index (χ2n) is 3.99. The SMILES string of the molecule is CCOC(=O)c1nc(COc2[nH]ncc2C(=O)OCC)cs1.Cl. The monoisotopic (exact) mass is 361 g/mol. The second-order valence-corrected chi connectivity index (χ2v) is 4.84. The Bertz CT molecular complexity index is 658. The first-order valence-electron chi connectivity index (χ1n) is 6.60. The maximum Gasteiger partial charge on any atom is 0.367 e. The fourth-order valence-corrected chi connectivity index (χ4v) is 2.24. The molecule has 2 aromatic rings. The van der Waals surface area contributed by atoms with E-state index in [-0.39, 0.29) is 42.1 Å². The van der Waals surface area contributed by atoms with E-state index in [0.29, 0.717) is 12.3 Å². The number of nitrogens with one attached hydrogen (secondary N) is 1. The van der Waals surface area contributed by atoms with E-state index in [0.717, 1.165) is 0 Å². The molecular weight excluding hydrogens is 346 g/mol. The van der Waals surface area contributed by atoms with Gasteiger partial charge in [-0.1, -0.05) is 0 Å². The van der Waals surface area contributed by atoms with Crippen molar-refractivity contribution in [3.05, 3.63) is 27.8 Å². The van der Waals surface area contributed by atoms with Crippen LogP contribution >= 0.6 is 23.7 Å². The van der Waals surface area contributed by atoms with Crippen molar-refractivity contribution in [2.45, 2.75) is 20.5 Å². The maximum atomic E-state index is 11.7. The summed E-state index contributed by atoms with van der Waals surface area (Å²) in [5, 5.41) is 8.28. The average Bonchev–Trinajstić information content (AvgIpc) is 3.15. The largest absolute Gasteiger partial charge is 0.471 e. The lowest BCUT2D eigenvalue weighted by molar-refractivity contribution is 0.0514. The number of ether oxygens (including phenoxy) is 3. The first-order chi connectivity index (χ1) is 10.7. The van der Waals surface area contributed by atoms with E-state index in [9.17, 15) is 9.59 Å². The van der Waals surface area contributed by atoms with Gasteiger partial charge in [-0.05, 0) is 13.8 Å². The van der Waals surface area contributed by atoms with E-state index < -0.39 is 11.9 Å². The quantitative estimate of drug-likeness (QED) is 0.754. The van der Waals surface area contributed by atoms with Gasteiger partial charge < -0.3 is 14.2 Å². The van der Waals surface area contributed by atoms with Crippen LogP contribution in [0.2, 0.25) is 0 Å². The number of H-pyrrole nitrogens is 1. The molecule has 0 saturated heterocycles. The van der Waals surface area contributed by atoms with Crippen LogP contribution in [0.25, 0.3) is 0 Å². The van der Waals surface area contributed by atoms with Gasteiger partial charge in [-0.2, -0.15) is 5.10 Å². The van der Waals surface area contributed by atoms with Gasteiger partial charge in [0.25, 0.3) is 0 Å². The lowest BCUT2D eigenvalue weighted by Gasteiger charge is -2.04. The number of hydrogen-bond donors (Lipinski definition) is 1. The Labute approximate surface area is 142 Å². The molecule has 2 aromatic heterocycles. The topological polar surface area (TPSA) is 103 Å². The van der Waals surface area contributed by atoms with Crippen molar-refractivity contribution >= 4 is 35.7 Å². The predicted molar refractivity (Wildman–Crippen MR) is 84.2 cm³/mol. The number of rotatable bonds is 7. The van der Waals surface area contributed by atoms with Crippen LogP contribution in [0.15, 0.2) is 11.6 Å². The highest BCUT2D eigenvalue weighted by atomic mass is 35.5. The second kappa shape index (κ2) is 9.11. The predicted octanol–water partition coefficient (Wildman–Crippen LogP) is 2.22. The van der Waals surface area contributed by atoms with Gasteiger partial charge in [0.2, 0.25) is 10.9 Å². The van der Waals surface area contributed by atoms with Crippen LogP contribution in [0.4, 0.5) is 0 Å². The smallest absolute Gasteiger partial charge is 0.367 e. The molecule has 0 atom stereocenters. The highest BCUT2D eigenvalue weighted by molar-refractivity contribution is 7.11. The molecule has 0 spiro atoms. The van der Waals surface area contributed by atoms with Crippen molar-refractivity contribution in [2.75, 3.05) is 13.2 Å². The van der Waals surface area contributed by atoms with Gasteiger partial charge in [0.05, 0.1) is 25.1 Å². The van der Waals surface area contributed by atoms with Crippen LogP contribution in [0.5, 0.6) is 5.88 Å². The van der Waals surface area contributed by atoms with E-state index >= 15 is 0 Å².